The van der Waals surface area contributed by atoms with Crippen molar-refractivity contribution in [1.29, 1.82) is 0 Å². The van der Waals surface area contributed by atoms with Gasteiger partial charge in [-0.3, -0.25) is 4.98 Å². The van der Waals surface area contributed by atoms with E-state index in [2.05, 4.69) is 27.8 Å². The molecule has 1 heterocycles. The highest BCUT2D eigenvalue weighted by atomic mass is 79.9. The molecule has 0 radical (unpaired) electrons. The van der Waals surface area contributed by atoms with Crippen LogP contribution in [0.5, 0.6) is 0 Å². The maximum Gasteiger partial charge on any atom is 0.0413 e. The summed E-state index contributed by atoms with van der Waals surface area (Å²) in [4.78, 5) is 4.00. The second kappa shape index (κ2) is 2.48. The van der Waals surface area contributed by atoms with Gasteiger partial charge in [-0.05, 0) is 40.9 Å². The van der Waals surface area contributed by atoms with Gasteiger partial charge in [0.25, 0.3) is 0 Å². The molecule has 0 aliphatic rings. The van der Waals surface area contributed by atoms with E-state index in [0.29, 0.717) is 0 Å². The monoisotopic (exact) mass is 185 g/mol. The number of halogens is 1. The molecular weight excluding hydrogens is 178 g/mol. The summed E-state index contributed by atoms with van der Waals surface area (Å²) in [5.41, 5.74) is 2.49. The fourth-order valence-electron chi connectivity index (χ4n) is 0.597. The highest BCUT2D eigenvalue weighted by Gasteiger charge is 1.94. The summed E-state index contributed by atoms with van der Waals surface area (Å²) in [5, 5.41) is 0. The number of rotatable bonds is 0. The van der Waals surface area contributed by atoms with Crippen LogP contribution in [0.2, 0.25) is 0 Å². The molecule has 2 heteroatoms. The van der Waals surface area contributed by atoms with Crippen LogP contribution in [0.1, 0.15) is 11.1 Å². The van der Waals surface area contributed by atoms with Crippen LogP contribution in [0.4, 0.5) is 0 Å². The molecule has 0 saturated heterocycles. The van der Waals surface area contributed by atoms with Gasteiger partial charge in [0.2, 0.25) is 0 Å². The van der Waals surface area contributed by atoms with Crippen molar-refractivity contribution in [2.75, 3.05) is 0 Å². The summed E-state index contributed by atoms with van der Waals surface area (Å²) < 4.78 is 1.09. The van der Waals surface area contributed by atoms with E-state index in [4.69, 9.17) is 0 Å². The summed E-state index contributed by atoms with van der Waals surface area (Å²) in [6.45, 7) is 4.12. The second-order valence-corrected chi connectivity index (χ2v) is 2.92. The van der Waals surface area contributed by atoms with Gasteiger partial charge in [0.15, 0.2) is 0 Å². The van der Waals surface area contributed by atoms with Crippen molar-refractivity contribution >= 4 is 15.9 Å². The van der Waals surface area contributed by atoms with Crippen LogP contribution in [-0.2, 0) is 0 Å². The van der Waals surface area contributed by atoms with Crippen LogP contribution in [0.3, 0.4) is 0 Å². The Balaban J connectivity index is 3.25. The van der Waals surface area contributed by atoms with Gasteiger partial charge in [0.05, 0.1) is 0 Å². The van der Waals surface area contributed by atoms with E-state index in [1.807, 2.05) is 19.3 Å². The zero-order valence-electron chi connectivity index (χ0n) is 5.48. The molecule has 0 aliphatic heterocycles. The number of hydrogen-bond acceptors (Lipinski definition) is 1. The van der Waals surface area contributed by atoms with E-state index in [1.54, 1.807) is 0 Å². The van der Waals surface area contributed by atoms with Gasteiger partial charge in [-0.25, -0.2) is 0 Å². The molecule has 1 aromatic heterocycles. The summed E-state index contributed by atoms with van der Waals surface area (Å²) in [6, 6.07) is 0. The van der Waals surface area contributed by atoms with Crippen molar-refractivity contribution in [3.8, 4) is 0 Å². The maximum absolute atomic E-state index is 4.00. The average Bonchev–Trinajstić information content (AvgIpc) is 1.83. The van der Waals surface area contributed by atoms with Gasteiger partial charge in [-0.2, -0.15) is 0 Å². The quantitative estimate of drug-likeness (QED) is 0.606. The first-order valence-corrected chi connectivity index (χ1v) is 3.58. The Bertz CT molecular complexity index is 200. The Morgan fingerprint density at radius 1 is 1.33 bits per heavy atom. The fraction of sp³-hybridized carbons (Fsp3) is 0.286. The van der Waals surface area contributed by atoms with Gasteiger partial charge < -0.3 is 0 Å². The molecule has 0 aromatic carbocycles. The molecule has 0 bridgehead atoms. The second-order valence-electron chi connectivity index (χ2n) is 2.06. The first-order chi connectivity index (χ1) is 4.22. The normalized spacial score (nSPS) is 9.67. The molecule has 48 valence electrons. The largest absolute Gasteiger partial charge is 0.263 e. The SMILES string of the molecule is Cc1cncc(Br)c1C. The highest BCUT2D eigenvalue weighted by Crippen LogP contribution is 2.16. The fourth-order valence-corrected chi connectivity index (χ4v) is 1.03. The van der Waals surface area contributed by atoms with E-state index in [1.165, 1.54) is 11.1 Å². The predicted octanol–water partition coefficient (Wildman–Crippen LogP) is 2.46. The molecule has 1 rings (SSSR count). The molecule has 0 fully saturated rings. The third kappa shape index (κ3) is 1.30. The third-order valence-electron chi connectivity index (χ3n) is 1.41. The van der Waals surface area contributed by atoms with Crippen LogP contribution < -0.4 is 0 Å². The lowest BCUT2D eigenvalue weighted by atomic mass is 10.2. The van der Waals surface area contributed by atoms with E-state index in [9.17, 15) is 0 Å². The van der Waals surface area contributed by atoms with Crippen molar-refractivity contribution in [2.45, 2.75) is 13.8 Å². The summed E-state index contributed by atoms with van der Waals surface area (Å²) in [6.07, 6.45) is 3.67. The van der Waals surface area contributed by atoms with Gasteiger partial charge in [-0.15, -0.1) is 0 Å². The predicted molar refractivity (Wildman–Crippen MR) is 41.4 cm³/mol. The van der Waals surface area contributed by atoms with E-state index in [0.717, 1.165) is 4.47 Å². The smallest absolute Gasteiger partial charge is 0.0413 e. The number of nitrogens with zero attached hydrogens (tertiary/aromatic N) is 1. The van der Waals surface area contributed by atoms with Crippen molar-refractivity contribution in [2.24, 2.45) is 0 Å². The summed E-state index contributed by atoms with van der Waals surface area (Å²) in [5.74, 6) is 0. The van der Waals surface area contributed by atoms with E-state index >= 15 is 0 Å². The van der Waals surface area contributed by atoms with E-state index in [-0.39, 0.29) is 0 Å². The maximum atomic E-state index is 4.00. The molecule has 0 spiro atoms. The lowest BCUT2D eigenvalue weighted by Gasteiger charge is -1.98. The molecule has 1 aromatic rings. The number of hydrogen-bond donors (Lipinski definition) is 0. The van der Waals surface area contributed by atoms with Gasteiger partial charge in [0, 0.05) is 16.9 Å². The van der Waals surface area contributed by atoms with Crippen LogP contribution >= 0.6 is 15.9 Å². The lowest BCUT2D eigenvalue weighted by molar-refractivity contribution is 1.19. The van der Waals surface area contributed by atoms with Gasteiger partial charge in [0.1, 0.15) is 0 Å². The molecule has 0 unspecified atom stereocenters. The molecule has 0 aliphatic carbocycles. The van der Waals surface area contributed by atoms with Crippen LogP contribution in [0, 0.1) is 13.8 Å². The molecular formula is C7H8BrN. The van der Waals surface area contributed by atoms with Gasteiger partial charge in [-0.1, -0.05) is 0 Å². The number of pyridine rings is 1. The van der Waals surface area contributed by atoms with Crippen molar-refractivity contribution < 1.29 is 0 Å². The molecule has 9 heavy (non-hydrogen) atoms. The minimum Gasteiger partial charge on any atom is -0.263 e. The first-order valence-electron chi connectivity index (χ1n) is 2.78. The van der Waals surface area contributed by atoms with Crippen molar-refractivity contribution in [3.63, 3.8) is 0 Å². The Kier molecular flexibility index (Phi) is 1.86. The summed E-state index contributed by atoms with van der Waals surface area (Å²) in [7, 11) is 0. The van der Waals surface area contributed by atoms with Crippen LogP contribution in [0.25, 0.3) is 0 Å². The Labute approximate surface area is 63.2 Å². The molecule has 1 nitrogen and oxygen atoms in total. The summed E-state index contributed by atoms with van der Waals surface area (Å²) >= 11 is 3.38. The molecule has 0 N–H and O–H groups in total. The molecule has 0 atom stereocenters. The Morgan fingerprint density at radius 3 is 2.44 bits per heavy atom. The van der Waals surface area contributed by atoms with Crippen LogP contribution in [0.15, 0.2) is 16.9 Å². The minimum absolute atomic E-state index is 1.09. The van der Waals surface area contributed by atoms with Crippen molar-refractivity contribution in [1.82, 2.24) is 4.98 Å². The number of aryl methyl sites for hydroxylation is 1. The van der Waals surface area contributed by atoms with Crippen molar-refractivity contribution in [3.05, 3.63) is 28.0 Å². The topological polar surface area (TPSA) is 12.9 Å². The number of aromatic nitrogens is 1. The van der Waals surface area contributed by atoms with Gasteiger partial charge >= 0.3 is 0 Å². The van der Waals surface area contributed by atoms with E-state index < -0.39 is 0 Å². The molecule has 0 amide bonds. The standard InChI is InChI=1S/C7H8BrN/c1-5-3-9-4-7(8)6(5)2/h3-4H,1-2H3. The highest BCUT2D eigenvalue weighted by molar-refractivity contribution is 9.10. The zero-order chi connectivity index (χ0) is 6.85. The first kappa shape index (κ1) is 6.75. The molecule has 0 saturated carbocycles. The zero-order valence-corrected chi connectivity index (χ0v) is 7.07. The Morgan fingerprint density at radius 2 is 2.00 bits per heavy atom. The minimum atomic E-state index is 1.09. The lowest BCUT2D eigenvalue weighted by Crippen LogP contribution is -1.82. The Hall–Kier alpha value is -0.370. The third-order valence-corrected chi connectivity index (χ3v) is 2.21. The average molecular weight is 186 g/mol. The van der Waals surface area contributed by atoms with Crippen LogP contribution in [-0.4, -0.2) is 4.98 Å².